The Morgan fingerprint density at radius 2 is 1.80 bits per heavy atom. The fourth-order valence-corrected chi connectivity index (χ4v) is 3.24. The predicted octanol–water partition coefficient (Wildman–Crippen LogP) is 5.83. The van der Waals surface area contributed by atoms with Gasteiger partial charge in [-0.2, -0.15) is 0 Å². The Balaban J connectivity index is 2.15. The lowest BCUT2D eigenvalue weighted by atomic mass is 10.1. The molecule has 0 aliphatic rings. The summed E-state index contributed by atoms with van der Waals surface area (Å²) in [6.07, 6.45) is 5.44. The molecule has 0 saturated heterocycles. The van der Waals surface area contributed by atoms with Crippen molar-refractivity contribution in [1.82, 2.24) is 0 Å². The van der Waals surface area contributed by atoms with E-state index in [4.69, 9.17) is 0 Å². The van der Waals surface area contributed by atoms with Gasteiger partial charge in [-0.1, -0.05) is 37.9 Å². The van der Waals surface area contributed by atoms with Gasteiger partial charge in [-0.05, 0) is 60.4 Å². The average Bonchev–Trinajstić information content (AvgIpc) is 2.46. The molecule has 20 heavy (non-hydrogen) atoms. The molecular formula is C16H12Br2OS. The molecule has 0 unspecified atom stereocenters. The highest BCUT2D eigenvalue weighted by molar-refractivity contribution is 9.11. The number of carbonyl (C=O) groups excluding carboxylic acids is 1. The van der Waals surface area contributed by atoms with Crippen molar-refractivity contribution in [1.29, 1.82) is 0 Å². The second kappa shape index (κ2) is 7.25. The Morgan fingerprint density at radius 1 is 1.10 bits per heavy atom. The minimum Gasteiger partial charge on any atom is -0.289 e. The zero-order valence-electron chi connectivity index (χ0n) is 10.8. The summed E-state index contributed by atoms with van der Waals surface area (Å²) in [5, 5.41) is 0. The van der Waals surface area contributed by atoms with E-state index in [1.807, 2.05) is 54.8 Å². The van der Waals surface area contributed by atoms with Crippen LogP contribution in [-0.2, 0) is 0 Å². The van der Waals surface area contributed by atoms with E-state index in [1.54, 1.807) is 17.8 Å². The van der Waals surface area contributed by atoms with Gasteiger partial charge in [0.25, 0.3) is 0 Å². The van der Waals surface area contributed by atoms with Gasteiger partial charge in [0.2, 0.25) is 0 Å². The van der Waals surface area contributed by atoms with E-state index in [1.165, 1.54) is 0 Å². The fourth-order valence-electron chi connectivity index (χ4n) is 1.65. The van der Waals surface area contributed by atoms with Crippen LogP contribution in [0.3, 0.4) is 0 Å². The number of benzene rings is 2. The van der Waals surface area contributed by atoms with Crippen molar-refractivity contribution in [3.8, 4) is 0 Å². The molecule has 0 aromatic heterocycles. The van der Waals surface area contributed by atoms with Crippen LogP contribution in [0, 0.1) is 0 Å². The Bertz CT molecular complexity index is 648. The smallest absolute Gasteiger partial charge is 0.185 e. The molecule has 0 aliphatic heterocycles. The summed E-state index contributed by atoms with van der Waals surface area (Å²) in [5.41, 5.74) is 1.68. The van der Waals surface area contributed by atoms with Gasteiger partial charge < -0.3 is 0 Å². The molecule has 0 fully saturated rings. The summed E-state index contributed by atoms with van der Waals surface area (Å²) >= 11 is 8.54. The van der Waals surface area contributed by atoms with E-state index in [9.17, 15) is 4.79 Å². The maximum Gasteiger partial charge on any atom is 0.185 e. The Kier molecular flexibility index (Phi) is 5.64. The van der Waals surface area contributed by atoms with E-state index in [-0.39, 0.29) is 5.78 Å². The van der Waals surface area contributed by atoms with Crippen molar-refractivity contribution in [3.05, 3.63) is 68.6 Å². The largest absolute Gasteiger partial charge is 0.289 e. The SMILES string of the molecule is CSc1ccc(C(=O)C=Cc2ccc(Br)cc2Br)cc1. The Morgan fingerprint density at radius 3 is 2.40 bits per heavy atom. The third-order valence-corrected chi connectivity index (χ3v) is 4.67. The number of rotatable bonds is 4. The summed E-state index contributed by atoms with van der Waals surface area (Å²) in [4.78, 5) is 13.2. The molecule has 0 saturated carbocycles. The van der Waals surface area contributed by atoms with Gasteiger partial charge in [-0.25, -0.2) is 0 Å². The first-order valence-electron chi connectivity index (χ1n) is 5.91. The van der Waals surface area contributed by atoms with Crippen LogP contribution >= 0.6 is 43.6 Å². The number of carbonyl (C=O) groups is 1. The van der Waals surface area contributed by atoms with E-state index >= 15 is 0 Å². The van der Waals surface area contributed by atoms with Crippen molar-refractivity contribution in [2.45, 2.75) is 4.90 Å². The fraction of sp³-hybridized carbons (Fsp3) is 0.0625. The minimum atomic E-state index is 0.00692. The number of thioether (sulfide) groups is 1. The standard InChI is InChI=1S/C16H12Br2OS/c1-20-14-7-3-12(4-8-14)16(19)9-5-11-2-6-13(17)10-15(11)18/h2-10H,1H3. The number of hydrogen-bond acceptors (Lipinski definition) is 2. The normalized spacial score (nSPS) is 10.9. The Hall–Kier alpha value is -0.840. The van der Waals surface area contributed by atoms with Gasteiger partial charge in [0, 0.05) is 19.4 Å². The quantitative estimate of drug-likeness (QED) is 0.357. The van der Waals surface area contributed by atoms with Crippen LogP contribution in [0.15, 0.2) is 62.4 Å². The highest BCUT2D eigenvalue weighted by Gasteiger charge is 2.02. The zero-order valence-corrected chi connectivity index (χ0v) is 14.8. The van der Waals surface area contributed by atoms with Crippen molar-refractivity contribution >= 4 is 55.5 Å². The van der Waals surface area contributed by atoms with Crippen LogP contribution in [0.25, 0.3) is 6.08 Å². The summed E-state index contributed by atoms with van der Waals surface area (Å²) < 4.78 is 1.95. The van der Waals surface area contributed by atoms with Crippen LogP contribution < -0.4 is 0 Å². The average molecular weight is 412 g/mol. The Labute approximate surface area is 139 Å². The second-order valence-corrected chi connectivity index (χ2v) is 6.74. The topological polar surface area (TPSA) is 17.1 Å². The lowest BCUT2D eigenvalue weighted by molar-refractivity contribution is 0.104. The first-order valence-corrected chi connectivity index (χ1v) is 8.73. The summed E-state index contributed by atoms with van der Waals surface area (Å²) in [7, 11) is 0. The molecule has 1 nitrogen and oxygen atoms in total. The van der Waals surface area contributed by atoms with Crippen LogP contribution in [0.2, 0.25) is 0 Å². The summed E-state index contributed by atoms with van der Waals surface area (Å²) in [5.74, 6) is 0.00692. The molecule has 0 aliphatic carbocycles. The summed E-state index contributed by atoms with van der Waals surface area (Å²) in [6, 6.07) is 13.5. The molecular weight excluding hydrogens is 400 g/mol. The van der Waals surface area contributed by atoms with Crippen LogP contribution in [0.5, 0.6) is 0 Å². The molecule has 0 bridgehead atoms. The lowest BCUT2D eigenvalue weighted by Crippen LogP contribution is -1.93. The molecule has 0 N–H and O–H groups in total. The first kappa shape index (κ1) is 15.5. The zero-order chi connectivity index (χ0) is 14.5. The third-order valence-electron chi connectivity index (χ3n) is 2.75. The molecule has 0 atom stereocenters. The molecule has 0 spiro atoms. The number of halogens is 2. The maximum absolute atomic E-state index is 12.1. The molecule has 2 rings (SSSR count). The second-order valence-electron chi connectivity index (χ2n) is 4.09. The predicted molar refractivity (Wildman–Crippen MR) is 93.4 cm³/mol. The highest BCUT2D eigenvalue weighted by Crippen LogP contribution is 2.23. The van der Waals surface area contributed by atoms with Crippen LogP contribution in [-0.4, -0.2) is 12.0 Å². The van der Waals surface area contributed by atoms with Gasteiger partial charge in [0.1, 0.15) is 0 Å². The van der Waals surface area contributed by atoms with Crippen molar-refractivity contribution in [3.63, 3.8) is 0 Å². The van der Waals surface area contributed by atoms with Crippen molar-refractivity contribution < 1.29 is 4.79 Å². The molecule has 0 heterocycles. The van der Waals surface area contributed by atoms with E-state index in [0.29, 0.717) is 5.56 Å². The minimum absolute atomic E-state index is 0.00692. The molecule has 4 heteroatoms. The van der Waals surface area contributed by atoms with Gasteiger partial charge in [0.05, 0.1) is 0 Å². The number of allylic oxidation sites excluding steroid dienone is 1. The van der Waals surface area contributed by atoms with Gasteiger partial charge in [0.15, 0.2) is 5.78 Å². The van der Waals surface area contributed by atoms with E-state index < -0.39 is 0 Å². The molecule has 0 radical (unpaired) electrons. The lowest BCUT2D eigenvalue weighted by Gasteiger charge is -2.00. The monoisotopic (exact) mass is 410 g/mol. The molecule has 102 valence electrons. The van der Waals surface area contributed by atoms with Crippen LogP contribution in [0.4, 0.5) is 0 Å². The van der Waals surface area contributed by atoms with Gasteiger partial charge in [-0.15, -0.1) is 11.8 Å². The molecule has 2 aromatic carbocycles. The van der Waals surface area contributed by atoms with Crippen molar-refractivity contribution in [2.75, 3.05) is 6.26 Å². The third kappa shape index (κ3) is 4.08. The highest BCUT2D eigenvalue weighted by atomic mass is 79.9. The maximum atomic E-state index is 12.1. The first-order chi connectivity index (χ1) is 9.60. The molecule has 2 aromatic rings. The molecule has 0 amide bonds. The van der Waals surface area contributed by atoms with Crippen molar-refractivity contribution in [2.24, 2.45) is 0 Å². The number of ketones is 1. The van der Waals surface area contributed by atoms with Gasteiger partial charge >= 0.3 is 0 Å². The van der Waals surface area contributed by atoms with E-state index in [2.05, 4.69) is 31.9 Å². The van der Waals surface area contributed by atoms with Gasteiger partial charge in [-0.3, -0.25) is 4.79 Å². The summed E-state index contributed by atoms with van der Waals surface area (Å²) in [6.45, 7) is 0. The van der Waals surface area contributed by atoms with Crippen LogP contribution in [0.1, 0.15) is 15.9 Å². The van der Waals surface area contributed by atoms with E-state index in [0.717, 1.165) is 19.4 Å². The number of hydrogen-bond donors (Lipinski definition) is 0.